The fourth-order valence-electron chi connectivity index (χ4n) is 2.05. The molecule has 1 aromatic carbocycles. The van der Waals surface area contributed by atoms with Gasteiger partial charge in [-0.25, -0.2) is 0 Å². The van der Waals surface area contributed by atoms with E-state index in [1.54, 1.807) is 0 Å². The van der Waals surface area contributed by atoms with Gasteiger partial charge in [0.1, 0.15) is 0 Å². The van der Waals surface area contributed by atoms with Crippen molar-refractivity contribution in [2.24, 2.45) is 0 Å². The summed E-state index contributed by atoms with van der Waals surface area (Å²) in [6.07, 6.45) is 2.21. The lowest BCUT2D eigenvalue weighted by atomic mass is 10.1. The van der Waals surface area contributed by atoms with Gasteiger partial charge in [0.05, 0.1) is 0 Å². The summed E-state index contributed by atoms with van der Waals surface area (Å²) in [6, 6.07) is 10.6. The Kier molecular flexibility index (Phi) is 3.41. The van der Waals surface area contributed by atoms with E-state index in [1.807, 2.05) is 0 Å². The lowest BCUT2D eigenvalue weighted by Crippen LogP contribution is -2.42. The topological polar surface area (TPSA) is 15.3 Å². The summed E-state index contributed by atoms with van der Waals surface area (Å²) in [7, 11) is 0. The molecule has 1 aliphatic rings. The van der Waals surface area contributed by atoms with E-state index in [1.165, 1.54) is 11.3 Å². The van der Waals surface area contributed by atoms with Gasteiger partial charge in [-0.3, -0.25) is 0 Å². The highest BCUT2D eigenvalue weighted by Gasteiger charge is 2.13. The van der Waals surface area contributed by atoms with E-state index in [9.17, 15) is 0 Å². The summed E-state index contributed by atoms with van der Waals surface area (Å²) >= 11 is 0. The van der Waals surface area contributed by atoms with Crippen molar-refractivity contribution in [3.8, 4) is 0 Å². The predicted octanol–water partition coefficient (Wildman–Crippen LogP) is 1.95. The summed E-state index contributed by atoms with van der Waals surface area (Å²) in [4.78, 5) is 2.45. The smallest absolute Gasteiger partial charge is 0.0397 e. The Bertz CT molecular complexity index is 324. The highest BCUT2D eigenvalue weighted by Crippen LogP contribution is 2.18. The number of nitrogens with zero attached hydrogens (tertiary/aromatic N) is 1. The molecule has 0 saturated carbocycles. The number of hydrogen-bond donors (Lipinski definition) is 1. The molecular weight excluding hydrogens is 184 g/mol. The highest BCUT2D eigenvalue weighted by atomic mass is 15.2. The van der Waals surface area contributed by atoms with Crippen LogP contribution in [0.15, 0.2) is 36.4 Å². The van der Waals surface area contributed by atoms with Gasteiger partial charge in [0.2, 0.25) is 0 Å². The molecule has 1 aromatic rings. The van der Waals surface area contributed by atoms with Crippen molar-refractivity contribution >= 4 is 5.70 Å². The van der Waals surface area contributed by atoms with Crippen LogP contribution >= 0.6 is 0 Å². The van der Waals surface area contributed by atoms with E-state index in [0.717, 1.165) is 26.2 Å². The second-order valence-corrected chi connectivity index (χ2v) is 3.78. The van der Waals surface area contributed by atoms with Gasteiger partial charge in [0.25, 0.3) is 0 Å². The minimum atomic E-state index is 1.09. The van der Waals surface area contributed by atoms with Gasteiger partial charge in [0, 0.05) is 31.9 Å². The first-order valence-electron chi connectivity index (χ1n) is 5.59. The Hall–Kier alpha value is -1.28. The van der Waals surface area contributed by atoms with E-state index in [0.29, 0.717) is 0 Å². The van der Waals surface area contributed by atoms with E-state index in [4.69, 9.17) is 0 Å². The van der Waals surface area contributed by atoms with Crippen LogP contribution in [0.3, 0.4) is 0 Å². The van der Waals surface area contributed by atoms with Gasteiger partial charge in [-0.05, 0) is 12.5 Å². The molecule has 15 heavy (non-hydrogen) atoms. The number of nitrogens with one attached hydrogen (secondary N) is 1. The second kappa shape index (κ2) is 4.99. The molecule has 2 heteroatoms. The first-order valence-corrected chi connectivity index (χ1v) is 5.59. The number of benzene rings is 1. The molecule has 1 N–H and O–H groups in total. The van der Waals surface area contributed by atoms with Crippen molar-refractivity contribution in [2.45, 2.75) is 6.92 Å². The maximum absolute atomic E-state index is 3.38. The minimum absolute atomic E-state index is 1.09. The normalized spacial score (nSPS) is 17.9. The van der Waals surface area contributed by atoms with Crippen LogP contribution in [0.4, 0.5) is 0 Å². The lowest BCUT2D eigenvalue weighted by molar-refractivity contribution is 0.340. The summed E-state index contributed by atoms with van der Waals surface area (Å²) in [6.45, 7) is 6.50. The van der Waals surface area contributed by atoms with E-state index in [-0.39, 0.29) is 0 Å². The van der Waals surface area contributed by atoms with Crippen molar-refractivity contribution in [1.82, 2.24) is 10.2 Å². The lowest BCUT2D eigenvalue weighted by Gasteiger charge is -2.31. The molecule has 0 atom stereocenters. The molecule has 0 unspecified atom stereocenters. The minimum Gasteiger partial charge on any atom is -0.369 e. The molecule has 80 valence electrons. The third kappa shape index (κ3) is 2.39. The number of rotatable bonds is 2. The molecule has 0 radical (unpaired) electrons. The van der Waals surface area contributed by atoms with Gasteiger partial charge < -0.3 is 10.2 Å². The SMILES string of the molecule is CC=C(c1ccccc1)N1CCNCC1. The quantitative estimate of drug-likeness (QED) is 0.788. The first-order chi connectivity index (χ1) is 7.42. The number of allylic oxidation sites excluding steroid dienone is 1. The van der Waals surface area contributed by atoms with Crippen LogP contribution < -0.4 is 5.32 Å². The van der Waals surface area contributed by atoms with Crippen molar-refractivity contribution in [2.75, 3.05) is 26.2 Å². The number of hydrogen-bond acceptors (Lipinski definition) is 2. The average Bonchev–Trinajstić information content (AvgIpc) is 2.33. The Morgan fingerprint density at radius 1 is 1.20 bits per heavy atom. The zero-order valence-corrected chi connectivity index (χ0v) is 9.24. The molecule has 0 spiro atoms. The van der Waals surface area contributed by atoms with E-state index in [2.05, 4.69) is 53.5 Å². The predicted molar refractivity (Wildman–Crippen MR) is 64.5 cm³/mol. The Morgan fingerprint density at radius 3 is 2.47 bits per heavy atom. The molecule has 0 bridgehead atoms. The summed E-state index contributed by atoms with van der Waals surface area (Å²) in [5, 5.41) is 3.38. The molecule has 1 saturated heterocycles. The molecule has 0 aromatic heterocycles. The maximum Gasteiger partial charge on any atom is 0.0397 e. The Balaban J connectivity index is 2.17. The van der Waals surface area contributed by atoms with Crippen LogP contribution in [0.5, 0.6) is 0 Å². The third-order valence-corrected chi connectivity index (χ3v) is 2.80. The van der Waals surface area contributed by atoms with Crippen LogP contribution in [0.2, 0.25) is 0 Å². The molecule has 1 fully saturated rings. The van der Waals surface area contributed by atoms with Crippen LogP contribution in [0.25, 0.3) is 5.70 Å². The standard InChI is InChI=1S/C13H18N2/c1-2-13(12-6-4-3-5-7-12)15-10-8-14-9-11-15/h2-7,14H,8-11H2,1H3. The van der Waals surface area contributed by atoms with Crippen molar-refractivity contribution in [1.29, 1.82) is 0 Å². The van der Waals surface area contributed by atoms with Crippen molar-refractivity contribution in [3.63, 3.8) is 0 Å². The summed E-state index contributed by atoms with van der Waals surface area (Å²) < 4.78 is 0. The van der Waals surface area contributed by atoms with Crippen molar-refractivity contribution in [3.05, 3.63) is 42.0 Å². The van der Waals surface area contributed by atoms with Crippen LogP contribution in [-0.4, -0.2) is 31.1 Å². The Labute approximate surface area is 91.6 Å². The van der Waals surface area contributed by atoms with Gasteiger partial charge in [0.15, 0.2) is 0 Å². The van der Waals surface area contributed by atoms with Crippen LogP contribution in [-0.2, 0) is 0 Å². The monoisotopic (exact) mass is 202 g/mol. The zero-order valence-electron chi connectivity index (χ0n) is 9.24. The van der Waals surface area contributed by atoms with Crippen molar-refractivity contribution < 1.29 is 0 Å². The van der Waals surface area contributed by atoms with Crippen LogP contribution in [0, 0.1) is 0 Å². The fourth-order valence-corrected chi connectivity index (χ4v) is 2.05. The first kappa shape index (κ1) is 10.2. The summed E-state index contributed by atoms with van der Waals surface area (Å²) in [5.74, 6) is 0. The average molecular weight is 202 g/mol. The molecule has 2 nitrogen and oxygen atoms in total. The van der Waals surface area contributed by atoms with E-state index < -0.39 is 0 Å². The van der Waals surface area contributed by atoms with Gasteiger partial charge in [-0.1, -0.05) is 36.4 Å². The van der Waals surface area contributed by atoms with Gasteiger partial charge in [-0.15, -0.1) is 0 Å². The molecule has 2 rings (SSSR count). The Morgan fingerprint density at radius 2 is 1.87 bits per heavy atom. The molecule has 1 heterocycles. The molecule has 0 aliphatic carbocycles. The molecular formula is C13H18N2. The summed E-state index contributed by atoms with van der Waals surface area (Å²) in [5.41, 5.74) is 2.68. The zero-order chi connectivity index (χ0) is 10.5. The number of piperazine rings is 1. The van der Waals surface area contributed by atoms with Gasteiger partial charge in [-0.2, -0.15) is 0 Å². The fraction of sp³-hybridized carbons (Fsp3) is 0.385. The maximum atomic E-state index is 3.38. The highest BCUT2D eigenvalue weighted by molar-refractivity contribution is 5.63. The molecule has 0 amide bonds. The molecule has 1 aliphatic heterocycles. The third-order valence-electron chi connectivity index (χ3n) is 2.80. The van der Waals surface area contributed by atoms with E-state index >= 15 is 0 Å². The largest absolute Gasteiger partial charge is 0.369 e. The van der Waals surface area contributed by atoms with Gasteiger partial charge >= 0.3 is 0 Å². The second-order valence-electron chi connectivity index (χ2n) is 3.78. The van der Waals surface area contributed by atoms with Crippen LogP contribution in [0.1, 0.15) is 12.5 Å².